The topological polar surface area (TPSA) is 12.0 Å². The third kappa shape index (κ3) is 3.85. The van der Waals surface area contributed by atoms with Crippen LogP contribution in [0.1, 0.15) is 82.4 Å². The second-order valence-corrected chi connectivity index (χ2v) is 6.41. The number of benzene rings is 1. The van der Waals surface area contributed by atoms with Crippen LogP contribution < -0.4 is 5.32 Å². The molecule has 1 aliphatic carbocycles. The van der Waals surface area contributed by atoms with Crippen LogP contribution in [0.5, 0.6) is 0 Å². The molecule has 1 fully saturated rings. The molecule has 112 valence electrons. The lowest BCUT2D eigenvalue weighted by Gasteiger charge is -2.31. The number of hydrogen-bond donors (Lipinski definition) is 1. The summed E-state index contributed by atoms with van der Waals surface area (Å²) in [7, 11) is 0. The van der Waals surface area contributed by atoms with E-state index in [1.54, 1.807) is 0 Å². The lowest BCUT2D eigenvalue weighted by molar-refractivity contribution is 0.274. The molecule has 20 heavy (non-hydrogen) atoms. The highest BCUT2D eigenvalue weighted by Gasteiger charge is 2.24. The molecule has 1 saturated carbocycles. The van der Waals surface area contributed by atoms with Crippen molar-refractivity contribution in [1.29, 1.82) is 0 Å². The van der Waals surface area contributed by atoms with Crippen LogP contribution in [0.4, 0.5) is 0 Å². The molecule has 2 unspecified atom stereocenters. The maximum Gasteiger partial charge on any atom is 0.0348 e. The molecule has 1 N–H and O–H groups in total. The molecule has 1 heteroatoms. The first-order valence-corrected chi connectivity index (χ1v) is 8.59. The molecule has 0 spiro atoms. The lowest BCUT2D eigenvalue weighted by atomic mass is 9.80. The van der Waals surface area contributed by atoms with E-state index in [4.69, 9.17) is 0 Å². The Bertz CT molecular complexity index is 375. The van der Waals surface area contributed by atoms with E-state index in [1.165, 1.54) is 49.7 Å². The Morgan fingerprint density at radius 2 is 1.60 bits per heavy atom. The van der Waals surface area contributed by atoms with Crippen LogP contribution in [0.15, 0.2) is 24.3 Å². The Balaban J connectivity index is 2.11. The Kier molecular flexibility index (Phi) is 6.09. The third-order valence-electron chi connectivity index (χ3n) is 5.02. The van der Waals surface area contributed by atoms with Gasteiger partial charge in [-0.2, -0.15) is 0 Å². The van der Waals surface area contributed by atoms with Gasteiger partial charge in [0.05, 0.1) is 0 Å². The van der Waals surface area contributed by atoms with Gasteiger partial charge in [0.1, 0.15) is 0 Å². The van der Waals surface area contributed by atoms with E-state index >= 15 is 0 Å². The van der Waals surface area contributed by atoms with E-state index in [0.717, 1.165) is 12.5 Å². The molecule has 1 aliphatic rings. The highest BCUT2D eigenvalue weighted by Crippen LogP contribution is 2.34. The first kappa shape index (κ1) is 15.6. The number of nitrogens with one attached hydrogen (secondary N) is 1. The highest BCUT2D eigenvalue weighted by molar-refractivity contribution is 5.27. The van der Waals surface area contributed by atoms with Gasteiger partial charge in [0.15, 0.2) is 0 Å². The molecular weight excluding hydrogens is 242 g/mol. The molecule has 0 bridgehead atoms. The first-order valence-electron chi connectivity index (χ1n) is 8.59. The Hall–Kier alpha value is -0.820. The van der Waals surface area contributed by atoms with Crippen LogP contribution in [0.2, 0.25) is 0 Å². The van der Waals surface area contributed by atoms with E-state index in [9.17, 15) is 0 Å². The second-order valence-electron chi connectivity index (χ2n) is 6.41. The lowest BCUT2D eigenvalue weighted by Crippen LogP contribution is -2.29. The molecule has 2 rings (SSSR count). The zero-order valence-corrected chi connectivity index (χ0v) is 13.5. The number of rotatable bonds is 6. The number of hydrogen-bond acceptors (Lipinski definition) is 1. The van der Waals surface area contributed by atoms with Gasteiger partial charge in [-0.25, -0.2) is 0 Å². The average molecular weight is 273 g/mol. The molecule has 1 nitrogen and oxygen atoms in total. The summed E-state index contributed by atoms with van der Waals surface area (Å²) in [5, 5.41) is 3.73. The highest BCUT2D eigenvalue weighted by atomic mass is 14.9. The van der Waals surface area contributed by atoms with Gasteiger partial charge in [0.2, 0.25) is 0 Å². The fourth-order valence-electron chi connectivity index (χ4n) is 3.51. The van der Waals surface area contributed by atoms with Crippen LogP contribution in [0.3, 0.4) is 0 Å². The minimum Gasteiger partial charge on any atom is -0.310 e. The summed E-state index contributed by atoms with van der Waals surface area (Å²) in [6, 6.07) is 9.98. The van der Waals surface area contributed by atoms with Crippen LogP contribution in [-0.2, 0) is 0 Å². The van der Waals surface area contributed by atoms with E-state index in [2.05, 4.69) is 50.4 Å². The van der Waals surface area contributed by atoms with E-state index < -0.39 is 0 Å². The zero-order chi connectivity index (χ0) is 14.4. The minimum absolute atomic E-state index is 0.561. The second kappa shape index (κ2) is 7.83. The molecule has 1 aromatic carbocycles. The Labute approximate surface area is 125 Å². The first-order chi connectivity index (χ1) is 9.76. The maximum atomic E-state index is 3.73. The monoisotopic (exact) mass is 273 g/mol. The molecule has 0 amide bonds. The van der Waals surface area contributed by atoms with Gasteiger partial charge < -0.3 is 5.32 Å². The molecule has 0 radical (unpaired) electrons. The average Bonchev–Trinajstić information content (AvgIpc) is 2.53. The summed E-state index contributed by atoms with van der Waals surface area (Å²) < 4.78 is 0. The van der Waals surface area contributed by atoms with Gasteiger partial charge in [0, 0.05) is 6.04 Å². The molecule has 2 atom stereocenters. The fourth-order valence-corrected chi connectivity index (χ4v) is 3.51. The van der Waals surface area contributed by atoms with Crippen LogP contribution in [0, 0.1) is 5.92 Å². The standard InChI is InChI=1S/C19H31N/c1-4-15(3)16-11-13-18(14-12-16)19(20-5-2)17-9-7-6-8-10-17/h11-15,17,19-20H,4-10H2,1-3H3. The fraction of sp³-hybridized carbons (Fsp3) is 0.684. The smallest absolute Gasteiger partial charge is 0.0348 e. The molecule has 0 aliphatic heterocycles. The van der Waals surface area contributed by atoms with E-state index in [0.29, 0.717) is 12.0 Å². The molecule has 0 aromatic heterocycles. The third-order valence-corrected chi connectivity index (χ3v) is 5.02. The molecule has 0 heterocycles. The quantitative estimate of drug-likeness (QED) is 0.728. The van der Waals surface area contributed by atoms with Crippen molar-refractivity contribution >= 4 is 0 Å². The largest absolute Gasteiger partial charge is 0.310 e. The van der Waals surface area contributed by atoms with E-state index in [1.807, 2.05) is 0 Å². The normalized spacial score (nSPS) is 19.8. The molecular formula is C19H31N. The van der Waals surface area contributed by atoms with Crippen molar-refractivity contribution in [1.82, 2.24) is 5.32 Å². The summed E-state index contributed by atoms with van der Waals surface area (Å²) in [6.45, 7) is 7.87. The van der Waals surface area contributed by atoms with Crippen molar-refractivity contribution in [2.75, 3.05) is 6.54 Å². The van der Waals surface area contributed by atoms with Crippen molar-refractivity contribution in [3.05, 3.63) is 35.4 Å². The Morgan fingerprint density at radius 1 is 1.00 bits per heavy atom. The predicted octanol–water partition coefficient (Wildman–Crippen LogP) is 5.43. The van der Waals surface area contributed by atoms with Crippen molar-refractivity contribution < 1.29 is 0 Å². The van der Waals surface area contributed by atoms with Gasteiger partial charge in [-0.1, -0.05) is 64.3 Å². The summed E-state index contributed by atoms with van der Waals surface area (Å²) in [6.07, 6.45) is 8.27. The maximum absolute atomic E-state index is 3.73. The summed E-state index contributed by atoms with van der Waals surface area (Å²) in [4.78, 5) is 0. The van der Waals surface area contributed by atoms with Gasteiger partial charge >= 0.3 is 0 Å². The van der Waals surface area contributed by atoms with Crippen molar-refractivity contribution in [3.63, 3.8) is 0 Å². The minimum atomic E-state index is 0.561. The summed E-state index contributed by atoms with van der Waals surface area (Å²) in [5.74, 6) is 1.51. The van der Waals surface area contributed by atoms with Gasteiger partial charge in [-0.15, -0.1) is 0 Å². The molecule has 1 aromatic rings. The molecule has 0 saturated heterocycles. The van der Waals surface area contributed by atoms with Gasteiger partial charge in [-0.05, 0) is 48.8 Å². The summed E-state index contributed by atoms with van der Waals surface area (Å²) >= 11 is 0. The van der Waals surface area contributed by atoms with Crippen molar-refractivity contribution in [2.45, 2.75) is 71.3 Å². The predicted molar refractivity (Wildman–Crippen MR) is 88.1 cm³/mol. The van der Waals surface area contributed by atoms with Crippen LogP contribution >= 0.6 is 0 Å². The van der Waals surface area contributed by atoms with E-state index in [-0.39, 0.29) is 0 Å². The van der Waals surface area contributed by atoms with Crippen LogP contribution in [0.25, 0.3) is 0 Å². The van der Waals surface area contributed by atoms with Gasteiger partial charge in [-0.3, -0.25) is 0 Å². The zero-order valence-electron chi connectivity index (χ0n) is 13.5. The van der Waals surface area contributed by atoms with Crippen molar-refractivity contribution in [3.8, 4) is 0 Å². The summed E-state index contributed by atoms with van der Waals surface area (Å²) in [5.41, 5.74) is 2.97. The van der Waals surface area contributed by atoms with Gasteiger partial charge in [0.25, 0.3) is 0 Å². The Morgan fingerprint density at radius 3 is 2.15 bits per heavy atom. The van der Waals surface area contributed by atoms with Crippen LogP contribution in [-0.4, -0.2) is 6.54 Å². The SMILES string of the molecule is CCNC(c1ccc(C(C)CC)cc1)C1CCCCC1. The van der Waals surface area contributed by atoms with Crippen molar-refractivity contribution in [2.24, 2.45) is 5.92 Å².